The predicted molar refractivity (Wildman–Crippen MR) is 90.6 cm³/mol. The number of benzene rings is 1. The molecule has 2 heterocycles. The summed E-state index contributed by atoms with van der Waals surface area (Å²) in [6, 6.07) is 6.52. The molecule has 1 aliphatic rings. The molecule has 0 spiro atoms. The average Bonchev–Trinajstić information content (AvgIpc) is 3.10. The smallest absolute Gasteiger partial charge is 0.254 e. The van der Waals surface area contributed by atoms with Gasteiger partial charge in [-0.25, -0.2) is 4.39 Å². The highest BCUT2D eigenvalue weighted by Crippen LogP contribution is 2.28. The van der Waals surface area contributed by atoms with E-state index in [1.54, 1.807) is 0 Å². The zero-order valence-electron chi connectivity index (χ0n) is 13.1. The van der Waals surface area contributed by atoms with Gasteiger partial charge >= 0.3 is 0 Å². The number of amides is 3. The third-order valence-corrected chi connectivity index (χ3v) is 5.02. The van der Waals surface area contributed by atoms with E-state index >= 15 is 0 Å². The van der Waals surface area contributed by atoms with Gasteiger partial charge < -0.3 is 16.4 Å². The number of thiophene rings is 1. The van der Waals surface area contributed by atoms with Gasteiger partial charge in [0.15, 0.2) is 0 Å². The summed E-state index contributed by atoms with van der Waals surface area (Å²) in [5.41, 5.74) is 4.92. The highest BCUT2D eigenvalue weighted by atomic mass is 32.1. The van der Waals surface area contributed by atoms with E-state index < -0.39 is 17.6 Å². The number of piperidine rings is 1. The Morgan fingerprint density at radius 2 is 2.12 bits per heavy atom. The van der Waals surface area contributed by atoms with Gasteiger partial charge in [-0.1, -0.05) is 6.07 Å². The van der Waals surface area contributed by atoms with Crippen LogP contribution in [0.15, 0.2) is 35.7 Å². The highest BCUT2D eigenvalue weighted by molar-refractivity contribution is 7.10. The normalized spacial score (nSPS) is 20.0. The molecule has 0 aliphatic carbocycles. The molecule has 1 fully saturated rings. The summed E-state index contributed by atoms with van der Waals surface area (Å²) in [7, 11) is 0. The Labute approximate surface area is 147 Å². The van der Waals surface area contributed by atoms with Gasteiger partial charge in [-0.3, -0.25) is 14.4 Å². The molecule has 1 saturated heterocycles. The molecular weight excluding hydrogens is 345 g/mol. The molecule has 0 bridgehead atoms. The van der Waals surface area contributed by atoms with Gasteiger partial charge in [-0.15, -0.1) is 11.3 Å². The van der Waals surface area contributed by atoms with Gasteiger partial charge in [0.2, 0.25) is 11.8 Å². The first kappa shape index (κ1) is 17.1. The lowest BCUT2D eigenvalue weighted by Gasteiger charge is -2.32. The zero-order chi connectivity index (χ0) is 18.0. The number of hydrogen-bond acceptors (Lipinski definition) is 4. The highest BCUT2D eigenvalue weighted by Gasteiger charge is 2.32. The first-order valence-corrected chi connectivity index (χ1v) is 8.56. The van der Waals surface area contributed by atoms with Crippen LogP contribution in [0.4, 0.5) is 4.39 Å². The Kier molecular flexibility index (Phi) is 4.80. The number of hydrogen-bond donors (Lipinski definition) is 3. The lowest BCUT2D eigenvalue weighted by Crippen LogP contribution is -2.50. The van der Waals surface area contributed by atoms with Gasteiger partial charge in [-0.2, -0.15) is 0 Å². The average molecular weight is 361 g/mol. The van der Waals surface area contributed by atoms with E-state index in [-0.39, 0.29) is 35.5 Å². The molecule has 2 atom stereocenters. The fraction of sp³-hybridized carbons (Fsp3) is 0.235. The fourth-order valence-corrected chi connectivity index (χ4v) is 3.63. The lowest BCUT2D eigenvalue weighted by molar-refractivity contribution is -0.123. The Morgan fingerprint density at radius 1 is 1.32 bits per heavy atom. The van der Waals surface area contributed by atoms with Gasteiger partial charge in [0.25, 0.3) is 5.91 Å². The van der Waals surface area contributed by atoms with Crippen molar-refractivity contribution in [3.8, 4) is 0 Å². The topological polar surface area (TPSA) is 101 Å². The van der Waals surface area contributed by atoms with Crippen LogP contribution < -0.4 is 16.4 Å². The maximum atomic E-state index is 14.1. The SMILES string of the molecule is NC(=O)c1ccc(C(=O)N[C@@H]2CCC(=O)N[C@H]2c2cccs2)c(F)c1. The number of primary amides is 1. The number of nitrogens with two attached hydrogens (primary N) is 1. The summed E-state index contributed by atoms with van der Waals surface area (Å²) in [5.74, 6) is -2.27. The Morgan fingerprint density at radius 3 is 2.76 bits per heavy atom. The maximum Gasteiger partial charge on any atom is 0.254 e. The van der Waals surface area contributed by atoms with Crippen molar-refractivity contribution in [2.24, 2.45) is 5.73 Å². The van der Waals surface area contributed by atoms with Crippen molar-refractivity contribution in [3.05, 3.63) is 57.5 Å². The number of nitrogens with one attached hydrogen (secondary N) is 2. The largest absolute Gasteiger partial charge is 0.366 e. The minimum Gasteiger partial charge on any atom is -0.366 e. The van der Waals surface area contributed by atoms with E-state index in [1.165, 1.54) is 23.5 Å². The predicted octanol–water partition coefficient (Wildman–Crippen LogP) is 1.74. The second-order valence-corrected chi connectivity index (χ2v) is 6.72. The van der Waals surface area contributed by atoms with Crippen LogP contribution >= 0.6 is 11.3 Å². The molecule has 0 unspecified atom stereocenters. The second-order valence-electron chi connectivity index (χ2n) is 5.74. The Bertz CT molecular complexity index is 823. The molecule has 25 heavy (non-hydrogen) atoms. The molecule has 3 rings (SSSR count). The summed E-state index contributed by atoms with van der Waals surface area (Å²) in [6.07, 6.45) is 0.747. The van der Waals surface area contributed by atoms with Gasteiger partial charge in [0.05, 0.1) is 17.6 Å². The molecule has 4 N–H and O–H groups in total. The number of carbonyl (C=O) groups excluding carboxylic acids is 3. The number of halogens is 1. The first-order chi connectivity index (χ1) is 12.0. The van der Waals surface area contributed by atoms with Crippen LogP contribution in [0, 0.1) is 5.82 Å². The van der Waals surface area contributed by atoms with E-state index in [0.29, 0.717) is 6.42 Å². The van der Waals surface area contributed by atoms with E-state index in [1.807, 2.05) is 17.5 Å². The van der Waals surface area contributed by atoms with E-state index in [0.717, 1.165) is 10.9 Å². The van der Waals surface area contributed by atoms with Crippen LogP contribution in [0.1, 0.15) is 44.5 Å². The van der Waals surface area contributed by atoms with Crippen molar-refractivity contribution >= 4 is 29.1 Å². The first-order valence-electron chi connectivity index (χ1n) is 7.68. The number of rotatable bonds is 4. The van der Waals surface area contributed by atoms with Gasteiger partial charge in [0, 0.05) is 16.9 Å². The summed E-state index contributed by atoms with van der Waals surface area (Å²) < 4.78 is 14.1. The molecule has 6 nitrogen and oxygen atoms in total. The molecule has 1 aromatic carbocycles. The standard InChI is InChI=1S/C17H16FN3O3S/c18-11-8-9(16(19)23)3-4-10(11)17(24)20-12-5-6-14(22)21-15(12)13-2-1-7-25-13/h1-4,7-8,12,15H,5-6H2,(H2,19,23)(H,20,24)(H,21,22)/t12-,15-/m1/s1. The number of carbonyl (C=O) groups is 3. The monoisotopic (exact) mass is 361 g/mol. The lowest BCUT2D eigenvalue weighted by atomic mass is 9.96. The van der Waals surface area contributed by atoms with Crippen LogP contribution in [-0.2, 0) is 4.79 Å². The van der Waals surface area contributed by atoms with E-state index in [4.69, 9.17) is 5.73 Å². The Balaban J connectivity index is 1.79. The van der Waals surface area contributed by atoms with Crippen LogP contribution in [-0.4, -0.2) is 23.8 Å². The summed E-state index contributed by atoms with van der Waals surface area (Å²) in [4.78, 5) is 36.1. The minimum absolute atomic E-state index is 0.00422. The van der Waals surface area contributed by atoms with Crippen LogP contribution in [0.25, 0.3) is 0 Å². The van der Waals surface area contributed by atoms with Crippen LogP contribution in [0.5, 0.6) is 0 Å². The van der Waals surface area contributed by atoms with Gasteiger partial charge in [0.1, 0.15) is 5.82 Å². The van der Waals surface area contributed by atoms with Crippen molar-refractivity contribution in [1.82, 2.24) is 10.6 Å². The van der Waals surface area contributed by atoms with Crippen LogP contribution in [0.3, 0.4) is 0 Å². The molecule has 130 valence electrons. The zero-order valence-corrected chi connectivity index (χ0v) is 13.9. The molecule has 0 radical (unpaired) electrons. The van der Waals surface area contributed by atoms with Crippen molar-refractivity contribution in [1.29, 1.82) is 0 Å². The minimum atomic E-state index is -0.818. The molecule has 8 heteroatoms. The van der Waals surface area contributed by atoms with Crippen molar-refractivity contribution in [2.45, 2.75) is 24.9 Å². The fourth-order valence-electron chi connectivity index (χ4n) is 2.79. The summed E-state index contributed by atoms with van der Waals surface area (Å²) in [6.45, 7) is 0. The van der Waals surface area contributed by atoms with Crippen molar-refractivity contribution in [3.63, 3.8) is 0 Å². The maximum absolute atomic E-state index is 14.1. The summed E-state index contributed by atoms with van der Waals surface area (Å²) in [5, 5.41) is 7.53. The van der Waals surface area contributed by atoms with Crippen LogP contribution in [0.2, 0.25) is 0 Å². The van der Waals surface area contributed by atoms with Crippen molar-refractivity contribution in [2.75, 3.05) is 0 Å². The molecule has 3 amide bonds. The van der Waals surface area contributed by atoms with Gasteiger partial charge in [-0.05, 0) is 36.1 Å². The Hall–Kier alpha value is -2.74. The summed E-state index contributed by atoms with van der Waals surface area (Å²) >= 11 is 1.47. The molecule has 2 aromatic rings. The molecule has 0 saturated carbocycles. The van der Waals surface area contributed by atoms with Crippen molar-refractivity contribution < 1.29 is 18.8 Å². The third-order valence-electron chi connectivity index (χ3n) is 4.07. The quantitative estimate of drug-likeness (QED) is 0.773. The molecule has 1 aromatic heterocycles. The molecular formula is C17H16FN3O3S. The third kappa shape index (κ3) is 3.69. The second kappa shape index (κ2) is 7.02. The van der Waals surface area contributed by atoms with E-state index in [2.05, 4.69) is 10.6 Å². The molecule has 1 aliphatic heterocycles. The van der Waals surface area contributed by atoms with E-state index in [9.17, 15) is 18.8 Å².